The van der Waals surface area contributed by atoms with E-state index in [4.69, 9.17) is 4.74 Å². The van der Waals surface area contributed by atoms with Crippen molar-refractivity contribution in [1.29, 1.82) is 0 Å². The highest BCUT2D eigenvalue weighted by molar-refractivity contribution is 6.01. The molecule has 1 heterocycles. The molecule has 29 heavy (non-hydrogen) atoms. The van der Waals surface area contributed by atoms with Crippen molar-refractivity contribution >= 4 is 11.9 Å². The number of nitrogens with zero attached hydrogens (tertiary/aromatic N) is 2. The van der Waals surface area contributed by atoms with Gasteiger partial charge in [0.1, 0.15) is 11.9 Å². The van der Waals surface area contributed by atoms with Crippen LogP contribution in [-0.4, -0.2) is 27.5 Å². The van der Waals surface area contributed by atoms with Crippen molar-refractivity contribution in [3.63, 3.8) is 0 Å². The minimum atomic E-state index is -0.302. The molecule has 0 N–H and O–H groups in total. The van der Waals surface area contributed by atoms with Crippen LogP contribution in [0.2, 0.25) is 0 Å². The van der Waals surface area contributed by atoms with Crippen LogP contribution in [0, 0.1) is 35.5 Å². The maximum Gasteiger partial charge on any atom is 0.419 e. The molecule has 1 aromatic heterocycles. The Hall–Kier alpha value is -2.17. The summed E-state index contributed by atoms with van der Waals surface area (Å²) in [5.74, 6) is 2.59. The molecule has 0 aromatic carbocycles. The number of hydrogen-bond donors (Lipinski definition) is 0. The lowest BCUT2D eigenvalue weighted by Crippen LogP contribution is -2.51. The number of allylic oxidation sites excluding steroid dienone is 4. The second kappa shape index (κ2) is 6.41. The zero-order chi connectivity index (χ0) is 20.4. The zero-order valence-electron chi connectivity index (χ0n) is 17.6. The molecule has 0 spiro atoms. The number of aryl methyl sites for hydroxylation is 1. The molecule has 5 nitrogen and oxygen atoms in total. The zero-order valence-corrected chi connectivity index (χ0v) is 17.6. The van der Waals surface area contributed by atoms with Gasteiger partial charge in [0.05, 0.1) is 0 Å². The molecule has 6 atom stereocenters. The summed E-state index contributed by atoms with van der Waals surface area (Å²) in [5.41, 5.74) is 1.38. The molecule has 3 fully saturated rings. The van der Waals surface area contributed by atoms with Crippen molar-refractivity contribution in [3.05, 3.63) is 42.0 Å². The van der Waals surface area contributed by atoms with Crippen LogP contribution in [0.15, 0.2) is 36.2 Å². The van der Waals surface area contributed by atoms with Crippen molar-refractivity contribution in [2.45, 2.75) is 65.4 Å². The molecule has 1 aromatic rings. The first-order valence-corrected chi connectivity index (χ1v) is 11.0. The van der Waals surface area contributed by atoms with E-state index in [0.717, 1.165) is 38.5 Å². The third-order valence-corrected chi connectivity index (χ3v) is 8.74. The quantitative estimate of drug-likeness (QED) is 0.683. The largest absolute Gasteiger partial charge is 0.445 e. The fourth-order valence-corrected chi connectivity index (χ4v) is 7.09. The van der Waals surface area contributed by atoms with Gasteiger partial charge in [-0.05, 0) is 75.4 Å². The Kier molecular flexibility index (Phi) is 4.17. The maximum absolute atomic E-state index is 12.7. The van der Waals surface area contributed by atoms with E-state index in [1.165, 1.54) is 10.1 Å². The minimum Gasteiger partial charge on any atom is -0.445 e. The van der Waals surface area contributed by atoms with Crippen LogP contribution in [0.5, 0.6) is 0 Å². The Balaban J connectivity index is 1.38. The molecule has 0 unspecified atom stereocenters. The van der Waals surface area contributed by atoms with Gasteiger partial charge in [-0.1, -0.05) is 25.5 Å². The topological polar surface area (TPSA) is 61.2 Å². The number of ether oxygens (including phenoxy) is 1. The van der Waals surface area contributed by atoms with E-state index in [-0.39, 0.29) is 28.8 Å². The summed E-state index contributed by atoms with van der Waals surface area (Å²) in [4.78, 5) is 28.7. The van der Waals surface area contributed by atoms with Gasteiger partial charge in [0.2, 0.25) is 0 Å². The average Bonchev–Trinajstić information content (AvgIpc) is 3.26. The molecule has 4 aliphatic rings. The third kappa shape index (κ3) is 2.69. The van der Waals surface area contributed by atoms with Gasteiger partial charge in [-0.2, -0.15) is 0 Å². The monoisotopic (exact) mass is 394 g/mol. The summed E-state index contributed by atoms with van der Waals surface area (Å²) in [6.45, 7) is 6.49. The highest BCUT2D eigenvalue weighted by Gasteiger charge is 2.59. The summed E-state index contributed by atoms with van der Waals surface area (Å²) in [5, 5.41) is 0. The summed E-state index contributed by atoms with van der Waals surface area (Å²) in [7, 11) is 0. The fraction of sp³-hybridized carbons (Fsp3) is 0.625. The fourth-order valence-electron chi connectivity index (χ4n) is 7.09. The Morgan fingerprint density at radius 1 is 1.21 bits per heavy atom. The molecule has 0 bridgehead atoms. The van der Waals surface area contributed by atoms with Crippen LogP contribution < -0.4 is 0 Å². The van der Waals surface area contributed by atoms with Crippen LogP contribution in [0.3, 0.4) is 0 Å². The Morgan fingerprint density at radius 3 is 2.79 bits per heavy atom. The lowest BCUT2D eigenvalue weighted by atomic mass is 9.48. The van der Waals surface area contributed by atoms with E-state index in [9.17, 15) is 9.59 Å². The van der Waals surface area contributed by atoms with E-state index in [1.807, 2.05) is 13.0 Å². The SMILES string of the molecule is Cc1nccn1C(=O)O[C@H]1CC[C@H]2[C@@H]3CCC4=CC(=O)C=C[C@]4(C)[C@H]3CC[C@]12C. The molecule has 154 valence electrons. The molecule has 3 saturated carbocycles. The Labute approximate surface area is 172 Å². The van der Waals surface area contributed by atoms with E-state index < -0.39 is 0 Å². The highest BCUT2D eigenvalue weighted by Crippen LogP contribution is 2.64. The van der Waals surface area contributed by atoms with Gasteiger partial charge in [0, 0.05) is 23.2 Å². The molecule has 0 radical (unpaired) electrons. The Bertz CT molecular complexity index is 928. The first kappa shape index (κ1) is 18.8. The van der Waals surface area contributed by atoms with Crippen LogP contribution in [-0.2, 0) is 9.53 Å². The second-order valence-corrected chi connectivity index (χ2v) is 9.94. The van der Waals surface area contributed by atoms with Gasteiger partial charge in [-0.25, -0.2) is 14.3 Å². The van der Waals surface area contributed by atoms with Crippen LogP contribution in [0.1, 0.15) is 58.2 Å². The van der Waals surface area contributed by atoms with Crippen molar-refractivity contribution in [2.75, 3.05) is 0 Å². The lowest BCUT2D eigenvalue weighted by Gasteiger charge is -2.56. The molecule has 4 aliphatic carbocycles. The van der Waals surface area contributed by atoms with Gasteiger partial charge in [-0.3, -0.25) is 4.79 Å². The van der Waals surface area contributed by atoms with Gasteiger partial charge in [-0.15, -0.1) is 0 Å². The van der Waals surface area contributed by atoms with Gasteiger partial charge in [0.15, 0.2) is 5.78 Å². The summed E-state index contributed by atoms with van der Waals surface area (Å²) >= 11 is 0. The van der Waals surface area contributed by atoms with Crippen LogP contribution in [0.25, 0.3) is 0 Å². The van der Waals surface area contributed by atoms with Gasteiger partial charge < -0.3 is 4.74 Å². The first-order valence-electron chi connectivity index (χ1n) is 11.0. The number of imidazole rings is 1. The highest BCUT2D eigenvalue weighted by atomic mass is 16.6. The summed E-state index contributed by atoms with van der Waals surface area (Å²) < 4.78 is 7.55. The minimum absolute atomic E-state index is 0.0147. The molecular formula is C24H30N2O3. The lowest BCUT2D eigenvalue weighted by molar-refractivity contribution is -0.111. The smallest absolute Gasteiger partial charge is 0.419 e. The number of hydrogen-bond acceptors (Lipinski definition) is 4. The van der Waals surface area contributed by atoms with Crippen LogP contribution in [0.4, 0.5) is 4.79 Å². The number of carbonyl (C=O) groups excluding carboxylic acids is 2. The van der Waals surface area contributed by atoms with E-state index in [2.05, 4.69) is 24.9 Å². The molecule has 0 amide bonds. The normalized spacial score (nSPS) is 40.7. The number of carbonyl (C=O) groups is 2. The van der Waals surface area contributed by atoms with Crippen molar-refractivity contribution < 1.29 is 14.3 Å². The second-order valence-electron chi connectivity index (χ2n) is 9.94. The molecular weight excluding hydrogens is 364 g/mol. The molecule has 5 heteroatoms. The average molecular weight is 395 g/mol. The van der Waals surface area contributed by atoms with Gasteiger partial charge in [0.25, 0.3) is 0 Å². The predicted octanol–water partition coefficient (Wildman–Crippen LogP) is 4.85. The maximum atomic E-state index is 12.7. The van der Waals surface area contributed by atoms with Crippen molar-refractivity contribution in [2.24, 2.45) is 28.6 Å². The Morgan fingerprint density at radius 2 is 2.03 bits per heavy atom. The number of aromatic nitrogens is 2. The predicted molar refractivity (Wildman–Crippen MR) is 109 cm³/mol. The van der Waals surface area contributed by atoms with E-state index in [0.29, 0.717) is 23.6 Å². The summed E-state index contributed by atoms with van der Waals surface area (Å²) in [6.07, 6.45) is 15.2. The molecule has 0 aliphatic heterocycles. The van der Waals surface area contributed by atoms with E-state index >= 15 is 0 Å². The van der Waals surface area contributed by atoms with Crippen molar-refractivity contribution in [1.82, 2.24) is 9.55 Å². The van der Waals surface area contributed by atoms with Crippen molar-refractivity contribution in [3.8, 4) is 0 Å². The van der Waals surface area contributed by atoms with E-state index in [1.54, 1.807) is 18.5 Å². The number of fused-ring (bicyclic) bond motifs is 5. The van der Waals surface area contributed by atoms with Gasteiger partial charge >= 0.3 is 6.09 Å². The third-order valence-electron chi connectivity index (χ3n) is 8.74. The number of ketones is 1. The van der Waals surface area contributed by atoms with Crippen LogP contribution >= 0.6 is 0 Å². The first-order chi connectivity index (χ1) is 13.8. The standard InChI is InChI=1S/C24H30N2O3/c1-15-25-12-13-26(15)22(28)29-21-7-6-19-18-5-4-16-14-17(27)8-10-23(16,2)20(18)9-11-24(19,21)3/h8,10,12-14,18-21H,4-7,9,11H2,1-3H3/t18-,19-,20-,21-,23-,24-/m0/s1. The number of rotatable bonds is 1. The molecule has 0 saturated heterocycles. The molecule has 5 rings (SSSR count). The summed E-state index contributed by atoms with van der Waals surface area (Å²) in [6, 6.07) is 0.